The van der Waals surface area contributed by atoms with Gasteiger partial charge in [0.2, 0.25) is 0 Å². The van der Waals surface area contributed by atoms with Crippen LogP contribution < -0.4 is 0 Å². The van der Waals surface area contributed by atoms with Crippen LogP contribution in [0, 0.1) is 0 Å². The molecule has 0 aromatic heterocycles. The largest absolute Gasteiger partial charge is 0.298 e. The van der Waals surface area contributed by atoms with Crippen LogP contribution in [0.2, 0.25) is 5.02 Å². The number of rotatable bonds is 3. The van der Waals surface area contributed by atoms with E-state index in [0.717, 1.165) is 16.1 Å². The highest BCUT2D eigenvalue weighted by molar-refractivity contribution is 7.99. The van der Waals surface area contributed by atoms with Gasteiger partial charge in [0, 0.05) is 15.4 Å². The fourth-order valence-electron chi connectivity index (χ4n) is 2.08. The summed E-state index contributed by atoms with van der Waals surface area (Å²) in [6.07, 6.45) is 0.811. The molecule has 3 aromatic carbocycles. The lowest BCUT2D eigenvalue weighted by Crippen LogP contribution is -1.86. The van der Waals surface area contributed by atoms with E-state index in [1.54, 1.807) is 17.8 Å². The molecule has 0 unspecified atom stereocenters. The second kappa shape index (κ2) is 5.70. The highest BCUT2D eigenvalue weighted by Gasteiger charge is 2.07. The van der Waals surface area contributed by atoms with E-state index < -0.39 is 0 Å². The first kappa shape index (κ1) is 13.2. The third kappa shape index (κ3) is 2.58. The molecule has 1 nitrogen and oxygen atoms in total. The lowest BCUT2D eigenvalue weighted by molar-refractivity contribution is 0.112. The number of carbonyl (C=O) groups is 1. The molecule has 0 spiro atoms. The molecule has 98 valence electrons. The van der Waals surface area contributed by atoms with Gasteiger partial charge in [-0.2, -0.15) is 0 Å². The van der Waals surface area contributed by atoms with Crippen molar-refractivity contribution in [3.63, 3.8) is 0 Å². The fraction of sp³-hybridized carbons (Fsp3) is 0. The Bertz CT molecular complexity index is 783. The van der Waals surface area contributed by atoms with E-state index in [9.17, 15) is 4.79 Å². The summed E-state index contributed by atoms with van der Waals surface area (Å²) in [5.74, 6) is 0. The van der Waals surface area contributed by atoms with Gasteiger partial charge in [0.15, 0.2) is 6.29 Å². The van der Waals surface area contributed by atoms with Crippen molar-refractivity contribution in [1.82, 2.24) is 0 Å². The molecule has 0 radical (unpaired) electrons. The van der Waals surface area contributed by atoms with Gasteiger partial charge in [-0.15, -0.1) is 0 Å². The molecule has 0 N–H and O–H groups in total. The molecule has 0 fully saturated rings. The Balaban J connectivity index is 2.01. The molecule has 0 saturated carbocycles. The number of hydrogen-bond donors (Lipinski definition) is 0. The van der Waals surface area contributed by atoms with Crippen LogP contribution >= 0.6 is 23.4 Å². The molecule has 0 aliphatic rings. The van der Waals surface area contributed by atoms with E-state index >= 15 is 0 Å². The predicted molar refractivity (Wildman–Crippen MR) is 84.9 cm³/mol. The van der Waals surface area contributed by atoms with E-state index in [0.29, 0.717) is 10.6 Å². The van der Waals surface area contributed by atoms with Crippen LogP contribution in [-0.4, -0.2) is 6.29 Å². The van der Waals surface area contributed by atoms with Crippen LogP contribution in [0.4, 0.5) is 0 Å². The molecule has 20 heavy (non-hydrogen) atoms. The third-order valence-corrected chi connectivity index (χ3v) is 4.47. The number of hydrogen-bond acceptors (Lipinski definition) is 2. The average molecular weight is 299 g/mol. The molecule has 0 atom stereocenters. The molecule has 0 heterocycles. The molecule has 0 saturated heterocycles. The van der Waals surface area contributed by atoms with Crippen molar-refractivity contribution in [1.29, 1.82) is 0 Å². The van der Waals surface area contributed by atoms with Crippen LogP contribution in [0.1, 0.15) is 10.4 Å². The second-order valence-corrected chi connectivity index (χ2v) is 5.90. The number of fused-ring (bicyclic) bond motifs is 1. The Morgan fingerprint density at radius 1 is 0.900 bits per heavy atom. The summed E-state index contributed by atoms with van der Waals surface area (Å²) in [4.78, 5) is 13.1. The van der Waals surface area contributed by atoms with Crippen molar-refractivity contribution in [3.05, 3.63) is 71.2 Å². The smallest absolute Gasteiger partial charge is 0.152 e. The second-order valence-electron chi connectivity index (χ2n) is 4.38. The maximum atomic E-state index is 11.2. The first-order valence-electron chi connectivity index (χ1n) is 6.18. The molecule has 0 aliphatic heterocycles. The highest BCUT2D eigenvalue weighted by Crippen LogP contribution is 2.34. The Morgan fingerprint density at radius 3 is 2.50 bits per heavy atom. The summed E-state index contributed by atoms with van der Waals surface area (Å²) >= 11 is 7.60. The van der Waals surface area contributed by atoms with Crippen molar-refractivity contribution < 1.29 is 4.79 Å². The van der Waals surface area contributed by atoms with Gasteiger partial charge in [-0.3, -0.25) is 4.79 Å². The SMILES string of the molecule is O=Cc1c(Cl)cccc1Sc1ccc2ccccc2c1. The van der Waals surface area contributed by atoms with Crippen molar-refractivity contribution in [2.75, 3.05) is 0 Å². The van der Waals surface area contributed by atoms with Crippen LogP contribution in [0.15, 0.2) is 70.5 Å². The molecule has 3 heteroatoms. The number of benzene rings is 3. The normalized spacial score (nSPS) is 10.7. The monoisotopic (exact) mass is 298 g/mol. The summed E-state index contributed by atoms with van der Waals surface area (Å²) in [7, 11) is 0. The minimum absolute atomic E-state index is 0.491. The van der Waals surface area contributed by atoms with Gasteiger partial charge in [0.05, 0.1) is 5.02 Å². The van der Waals surface area contributed by atoms with Gasteiger partial charge in [-0.05, 0) is 35.0 Å². The van der Waals surface area contributed by atoms with Gasteiger partial charge >= 0.3 is 0 Å². The maximum Gasteiger partial charge on any atom is 0.152 e. The summed E-state index contributed by atoms with van der Waals surface area (Å²) in [6.45, 7) is 0. The average Bonchev–Trinajstić information content (AvgIpc) is 2.47. The number of aldehydes is 1. The Labute approximate surface area is 126 Å². The van der Waals surface area contributed by atoms with Crippen LogP contribution in [0.5, 0.6) is 0 Å². The van der Waals surface area contributed by atoms with Gasteiger partial charge < -0.3 is 0 Å². The maximum absolute atomic E-state index is 11.2. The van der Waals surface area contributed by atoms with Crippen molar-refractivity contribution in [3.8, 4) is 0 Å². The number of carbonyl (C=O) groups excluding carboxylic acids is 1. The number of halogens is 1. The summed E-state index contributed by atoms with van der Waals surface area (Å²) < 4.78 is 0. The first-order valence-corrected chi connectivity index (χ1v) is 7.38. The van der Waals surface area contributed by atoms with Crippen LogP contribution in [0.25, 0.3) is 10.8 Å². The molecular weight excluding hydrogens is 288 g/mol. The van der Waals surface area contributed by atoms with Crippen molar-refractivity contribution in [2.45, 2.75) is 9.79 Å². The molecular formula is C17H11ClOS. The topological polar surface area (TPSA) is 17.1 Å². The van der Waals surface area contributed by atoms with E-state index in [4.69, 9.17) is 11.6 Å². The highest BCUT2D eigenvalue weighted by atomic mass is 35.5. The minimum Gasteiger partial charge on any atom is -0.298 e. The summed E-state index contributed by atoms with van der Waals surface area (Å²) in [5, 5.41) is 2.89. The van der Waals surface area contributed by atoms with Crippen LogP contribution in [0.3, 0.4) is 0 Å². The van der Waals surface area contributed by atoms with Crippen LogP contribution in [-0.2, 0) is 0 Å². The molecule has 0 amide bonds. The van der Waals surface area contributed by atoms with E-state index in [-0.39, 0.29) is 0 Å². The van der Waals surface area contributed by atoms with E-state index in [1.807, 2.05) is 24.3 Å². The van der Waals surface area contributed by atoms with Gasteiger partial charge in [-0.25, -0.2) is 0 Å². The van der Waals surface area contributed by atoms with Crippen molar-refractivity contribution in [2.24, 2.45) is 0 Å². The lowest BCUT2D eigenvalue weighted by atomic mass is 10.1. The lowest BCUT2D eigenvalue weighted by Gasteiger charge is -2.07. The van der Waals surface area contributed by atoms with E-state index in [2.05, 4.69) is 30.3 Å². The zero-order valence-electron chi connectivity index (χ0n) is 10.5. The summed E-state index contributed by atoms with van der Waals surface area (Å²) in [6, 6.07) is 20.0. The van der Waals surface area contributed by atoms with Crippen molar-refractivity contribution >= 4 is 40.4 Å². The van der Waals surface area contributed by atoms with Gasteiger partial charge in [-0.1, -0.05) is 59.8 Å². The fourth-order valence-corrected chi connectivity index (χ4v) is 3.34. The Kier molecular flexibility index (Phi) is 3.77. The summed E-state index contributed by atoms with van der Waals surface area (Å²) in [5.41, 5.74) is 0.548. The first-order chi connectivity index (χ1) is 9.78. The quantitative estimate of drug-likeness (QED) is 0.597. The molecule has 3 rings (SSSR count). The van der Waals surface area contributed by atoms with Gasteiger partial charge in [0.25, 0.3) is 0 Å². The predicted octanol–water partition coefficient (Wildman–Crippen LogP) is 5.46. The zero-order valence-corrected chi connectivity index (χ0v) is 12.1. The molecule has 0 aliphatic carbocycles. The zero-order chi connectivity index (χ0) is 13.9. The van der Waals surface area contributed by atoms with E-state index in [1.165, 1.54) is 10.8 Å². The molecule has 3 aromatic rings. The Morgan fingerprint density at radius 2 is 1.70 bits per heavy atom. The third-order valence-electron chi connectivity index (χ3n) is 3.08. The Hall–Kier alpha value is -1.77. The molecule has 0 bridgehead atoms. The minimum atomic E-state index is 0.491. The van der Waals surface area contributed by atoms with Gasteiger partial charge in [0.1, 0.15) is 0 Å². The standard InChI is InChI=1S/C17H11ClOS/c18-16-6-3-7-17(15(16)11-19)20-14-9-8-12-4-1-2-5-13(12)10-14/h1-11H.